The quantitative estimate of drug-likeness (QED) is 0.440. The number of hydrogen-bond donors (Lipinski definition) is 2. The molecule has 0 spiro atoms. The third-order valence-corrected chi connectivity index (χ3v) is 5.82. The van der Waals surface area contributed by atoms with Gasteiger partial charge in [0, 0.05) is 16.8 Å². The van der Waals surface area contributed by atoms with E-state index >= 15 is 0 Å². The van der Waals surface area contributed by atoms with Crippen LogP contribution in [0.25, 0.3) is 22.6 Å². The summed E-state index contributed by atoms with van der Waals surface area (Å²) in [6.07, 6.45) is 5.01. The number of nitrogens with zero attached hydrogens (tertiary/aromatic N) is 1. The predicted molar refractivity (Wildman–Crippen MR) is 124 cm³/mol. The van der Waals surface area contributed by atoms with E-state index in [0.29, 0.717) is 22.9 Å². The molecule has 8 heteroatoms. The normalized spacial score (nSPS) is 13.6. The lowest BCUT2D eigenvalue weighted by Gasteiger charge is -2.12. The monoisotopic (exact) mass is 447 g/mol. The Bertz CT molecular complexity index is 1230. The number of ether oxygens (including phenoxy) is 1. The number of amides is 3. The fraction of sp³-hybridized carbons (Fsp3) is 0.167. The van der Waals surface area contributed by atoms with Crippen molar-refractivity contribution in [1.29, 1.82) is 0 Å². The van der Waals surface area contributed by atoms with Gasteiger partial charge in [0.05, 0.1) is 16.8 Å². The number of nitrogens with one attached hydrogen (secondary N) is 2. The number of esters is 1. The number of rotatable bonds is 6. The lowest BCUT2D eigenvalue weighted by atomic mass is 10.0. The van der Waals surface area contributed by atoms with Gasteiger partial charge in [0.2, 0.25) is 0 Å². The Balaban J connectivity index is 1.60. The van der Waals surface area contributed by atoms with Gasteiger partial charge in [-0.3, -0.25) is 10.1 Å². The molecule has 0 radical (unpaired) electrons. The van der Waals surface area contributed by atoms with Crippen LogP contribution in [0.3, 0.4) is 0 Å². The Kier molecular flexibility index (Phi) is 6.42. The van der Waals surface area contributed by atoms with Gasteiger partial charge in [-0.1, -0.05) is 30.3 Å². The van der Waals surface area contributed by atoms with E-state index in [0.717, 1.165) is 28.1 Å². The molecular weight excluding hydrogens is 426 g/mol. The Labute approximate surface area is 188 Å². The second-order valence-electron chi connectivity index (χ2n) is 7.14. The summed E-state index contributed by atoms with van der Waals surface area (Å²) in [7, 11) is 0. The van der Waals surface area contributed by atoms with Crippen LogP contribution in [-0.4, -0.2) is 36.0 Å². The molecule has 162 valence electrons. The molecule has 0 saturated heterocycles. The Morgan fingerprint density at radius 3 is 2.78 bits per heavy atom. The largest absolute Gasteiger partial charge is 0.452 e. The van der Waals surface area contributed by atoms with Crippen LogP contribution in [0.4, 0.5) is 4.79 Å². The van der Waals surface area contributed by atoms with Crippen LogP contribution in [0.1, 0.15) is 32.9 Å². The van der Waals surface area contributed by atoms with Crippen LogP contribution in [-0.2, 0) is 16.0 Å². The first-order chi connectivity index (χ1) is 15.6. The molecule has 1 aliphatic rings. The molecule has 7 nitrogen and oxygen atoms in total. The molecule has 2 aromatic heterocycles. The minimum Gasteiger partial charge on any atom is -0.452 e. The van der Waals surface area contributed by atoms with E-state index in [2.05, 4.69) is 23.3 Å². The van der Waals surface area contributed by atoms with Crippen LogP contribution in [0.5, 0.6) is 0 Å². The topological polar surface area (TPSA) is 97.4 Å². The third kappa shape index (κ3) is 4.60. The van der Waals surface area contributed by atoms with Gasteiger partial charge in [-0.25, -0.2) is 14.6 Å². The summed E-state index contributed by atoms with van der Waals surface area (Å²) < 4.78 is 5.27. The number of benzene rings is 1. The summed E-state index contributed by atoms with van der Waals surface area (Å²) >= 11 is 1.64. The van der Waals surface area contributed by atoms with Gasteiger partial charge in [0.1, 0.15) is 0 Å². The molecule has 2 heterocycles. The third-order valence-electron chi connectivity index (χ3n) is 5.00. The van der Waals surface area contributed by atoms with E-state index in [1.807, 2.05) is 41.8 Å². The molecule has 4 rings (SSSR count). The van der Waals surface area contributed by atoms with Crippen molar-refractivity contribution < 1.29 is 19.1 Å². The highest BCUT2D eigenvalue weighted by Gasteiger charge is 2.28. The van der Waals surface area contributed by atoms with Crippen LogP contribution in [0, 0.1) is 0 Å². The SMILES string of the molecule is C=CCNC(=O)NC(=O)COC(=O)c1c2c(nc3ccccc13)/C(=C/c1cccs1)CC2. The first-order valence-electron chi connectivity index (χ1n) is 10.1. The fourth-order valence-corrected chi connectivity index (χ4v) is 4.31. The summed E-state index contributed by atoms with van der Waals surface area (Å²) in [5, 5.41) is 7.22. The first-order valence-corrected chi connectivity index (χ1v) is 11.0. The van der Waals surface area contributed by atoms with Crippen LogP contribution >= 0.6 is 11.3 Å². The highest BCUT2D eigenvalue weighted by Crippen LogP contribution is 2.38. The summed E-state index contributed by atoms with van der Waals surface area (Å²) in [5.74, 6) is -1.33. The van der Waals surface area contributed by atoms with E-state index in [1.165, 1.54) is 6.08 Å². The van der Waals surface area contributed by atoms with E-state index in [9.17, 15) is 14.4 Å². The number of urea groups is 1. The van der Waals surface area contributed by atoms with E-state index in [4.69, 9.17) is 9.72 Å². The molecule has 1 aromatic carbocycles. The maximum atomic E-state index is 13.0. The van der Waals surface area contributed by atoms with E-state index in [1.54, 1.807) is 11.3 Å². The average molecular weight is 448 g/mol. The average Bonchev–Trinajstić information content (AvgIpc) is 3.45. The lowest BCUT2D eigenvalue weighted by Crippen LogP contribution is -2.41. The van der Waals surface area contributed by atoms with Gasteiger partial charge in [-0.2, -0.15) is 0 Å². The molecular formula is C24H21N3O4S. The van der Waals surface area contributed by atoms with Gasteiger partial charge >= 0.3 is 12.0 Å². The van der Waals surface area contributed by atoms with Gasteiger partial charge in [-0.05, 0) is 47.6 Å². The highest BCUT2D eigenvalue weighted by molar-refractivity contribution is 7.10. The second kappa shape index (κ2) is 9.57. The number of carbonyl (C=O) groups is 3. The molecule has 0 saturated carbocycles. The zero-order chi connectivity index (χ0) is 22.5. The number of imide groups is 1. The zero-order valence-electron chi connectivity index (χ0n) is 17.2. The minimum absolute atomic E-state index is 0.218. The summed E-state index contributed by atoms with van der Waals surface area (Å²) in [4.78, 5) is 42.5. The van der Waals surface area contributed by atoms with Crippen LogP contribution < -0.4 is 10.6 Å². The zero-order valence-corrected chi connectivity index (χ0v) is 18.0. The number of thiophene rings is 1. The van der Waals surface area contributed by atoms with Crippen molar-refractivity contribution in [3.05, 3.63) is 76.1 Å². The Morgan fingerprint density at radius 1 is 1.16 bits per heavy atom. The second-order valence-corrected chi connectivity index (χ2v) is 8.12. The lowest BCUT2D eigenvalue weighted by molar-refractivity contribution is -0.123. The van der Waals surface area contributed by atoms with E-state index < -0.39 is 24.5 Å². The van der Waals surface area contributed by atoms with Gasteiger partial charge < -0.3 is 10.1 Å². The van der Waals surface area contributed by atoms with Crippen molar-refractivity contribution in [1.82, 2.24) is 15.6 Å². The van der Waals surface area contributed by atoms with Crippen LogP contribution in [0.15, 0.2) is 54.4 Å². The maximum Gasteiger partial charge on any atom is 0.339 e. The first kappa shape index (κ1) is 21.5. The molecule has 32 heavy (non-hydrogen) atoms. The molecule has 0 atom stereocenters. The number of carbonyl (C=O) groups excluding carboxylic acids is 3. The highest BCUT2D eigenvalue weighted by atomic mass is 32.1. The number of allylic oxidation sites excluding steroid dienone is 1. The minimum atomic E-state index is -0.715. The van der Waals surface area contributed by atoms with Crippen molar-refractivity contribution in [3.63, 3.8) is 0 Å². The number of aromatic nitrogens is 1. The standard InChI is InChI=1S/C24H21N3O4S/c1-2-11-25-24(30)27-20(28)14-31-23(29)21-17-7-3-4-8-19(17)26-22-15(9-10-18(21)22)13-16-6-5-12-32-16/h2-8,12-13H,1,9-11,14H2,(H2,25,27,28,30)/b15-13+. The molecule has 2 N–H and O–H groups in total. The summed E-state index contributed by atoms with van der Waals surface area (Å²) in [6.45, 7) is 3.13. The number of hydrogen-bond acceptors (Lipinski definition) is 6. The van der Waals surface area contributed by atoms with Gasteiger partial charge in [-0.15, -0.1) is 17.9 Å². The summed E-state index contributed by atoms with van der Waals surface area (Å²) in [5.41, 5.74) is 3.78. The molecule has 0 aliphatic heterocycles. The molecule has 3 amide bonds. The Hall–Kier alpha value is -3.78. The van der Waals surface area contributed by atoms with Crippen molar-refractivity contribution in [2.45, 2.75) is 12.8 Å². The smallest absolute Gasteiger partial charge is 0.339 e. The molecule has 0 bridgehead atoms. The van der Waals surface area contributed by atoms with Crippen molar-refractivity contribution >= 4 is 51.8 Å². The number of fused-ring (bicyclic) bond motifs is 2. The van der Waals surface area contributed by atoms with Crippen LogP contribution in [0.2, 0.25) is 0 Å². The van der Waals surface area contributed by atoms with Gasteiger partial charge in [0.25, 0.3) is 5.91 Å². The number of pyridine rings is 1. The Morgan fingerprint density at radius 2 is 2.00 bits per heavy atom. The molecule has 3 aromatic rings. The predicted octanol–water partition coefficient (Wildman–Crippen LogP) is 3.95. The number of para-hydroxylation sites is 1. The maximum absolute atomic E-state index is 13.0. The fourth-order valence-electron chi connectivity index (χ4n) is 3.63. The molecule has 0 fully saturated rings. The van der Waals surface area contributed by atoms with Gasteiger partial charge in [0.15, 0.2) is 6.61 Å². The van der Waals surface area contributed by atoms with Crippen molar-refractivity contribution in [2.75, 3.05) is 13.2 Å². The van der Waals surface area contributed by atoms with E-state index in [-0.39, 0.29) is 6.54 Å². The summed E-state index contributed by atoms with van der Waals surface area (Å²) in [6, 6.07) is 10.7. The van der Waals surface area contributed by atoms with Crippen molar-refractivity contribution in [2.24, 2.45) is 0 Å². The van der Waals surface area contributed by atoms with Crippen molar-refractivity contribution in [3.8, 4) is 0 Å². The molecule has 1 aliphatic carbocycles. The molecule has 0 unspecified atom stereocenters.